The maximum absolute atomic E-state index is 12.0. The lowest BCUT2D eigenvalue weighted by atomic mass is 10.00. The van der Waals surface area contributed by atoms with Gasteiger partial charge in [-0.05, 0) is 30.9 Å². The van der Waals surface area contributed by atoms with Gasteiger partial charge in [0.15, 0.2) is 0 Å². The summed E-state index contributed by atoms with van der Waals surface area (Å²) >= 11 is 0. The van der Waals surface area contributed by atoms with Crippen molar-refractivity contribution >= 4 is 17.9 Å². The molecule has 0 amide bonds. The molecule has 0 radical (unpaired) electrons. The SMILES string of the molecule is CCC(CCCC(=O)O)COC(=O)c1ccccc1C(=O)O. The minimum atomic E-state index is -1.18. The van der Waals surface area contributed by atoms with E-state index in [1.807, 2.05) is 6.92 Å². The molecule has 0 aliphatic heterocycles. The molecule has 0 bridgehead atoms. The quantitative estimate of drug-likeness (QED) is 0.680. The lowest BCUT2D eigenvalue weighted by molar-refractivity contribution is -0.137. The van der Waals surface area contributed by atoms with E-state index in [0.717, 1.165) is 6.42 Å². The van der Waals surface area contributed by atoms with Gasteiger partial charge in [-0.3, -0.25) is 4.79 Å². The first-order valence-corrected chi connectivity index (χ1v) is 7.17. The van der Waals surface area contributed by atoms with Gasteiger partial charge in [0.25, 0.3) is 0 Å². The Morgan fingerprint density at radius 2 is 1.77 bits per heavy atom. The van der Waals surface area contributed by atoms with Crippen LogP contribution < -0.4 is 0 Å². The molecule has 22 heavy (non-hydrogen) atoms. The molecule has 2 N–H and O–H groups in total. The van der Waals surface area contributed by atoms with Crippen molar-refractivity contribution in [3.8, 4) is 0 Å². The number of carboxylic acid groups (broad SMARTS) is 2. The largest absolute Gasteiger partial charge is 0.481 e. The molecule has 120 valence electrons. The van der Waals surface area contributed by atoms with Crippen LogP contribution in [0.5, 0.6) is 0 Å². The molecule has 1 rings (SSSR count). The topological polar surface area (TPSA) is 101 Å². The zero-order valence-electron chi connectivity index (χ0n) is 12.4. The van der Waals surface area contributed by atoms with Crippen LogP contribution in [0.25, 0.3) is 0 Å². The first-order valence-electron chi connectivity index (χ1n) is 7.17. The third-order valence-electron chi connectivity index (χ3n) is 3.41. The fourth-order valence-electron chi connectivity index (χ4n) is 2.07. The number of carboxylic acids is 2. The van der Waals surface area contributed by atoms with Gasteiger partial charge in [-0.2, -0.15) is 0 Å². The average molecular weight is 308 g/mol. The van der Waals surface area contributed by atoms with Gasteiger partial charge in [0, 0.05) is 6.42 Å². The van der Waals surface area contributed by atoms with Crippen LogP contribution in [0.15, 0.2) is 24.3 Å². The van der Waals surface area contributed by atoms with Crippen molar-refractivity contribution in [1.82, 2.24) is 0 Å². The van der Waals surface area contributed by atoms with Gasteiger partial charge in [0.1, 0.15) is 0 Å². The highest BCUT2D eigenvalue weighted by Gasteiger charge is 2.18. The number of rotatable bonds is 9. The molecule has 1 aromatic rings. The molecule has 0 spiro atoms. The second-order valence-electron chi connectivity index (χ2n) is 5.01. The van der Waals surface area contributed by atoms with Gasteiger partial charge < -0.3 is 14.9 Å². The maximum atomic E-state index is 12.0. The molecule has 0 aromatic heterocycles. The third-order valence-corrected chi connectivity index (χ3v) is 3.41. The Hall–Kier alpha value is -2.37. The Balaban J connectivity index is 2.57. The van der Waals surface area contributed by atoms with Gasteiger partial charge >= 0.3 is 17.9 Å². The minimum Gasteiger partial charge on any atom is -0.481 e. The summed E-state index contributed by atoms with van der Waals surface area (Å²) in [6.45, 7) is 2.09. The number of carbonyl (C=O) groups excluding carboxylic acids is 1. The molecule has 0 heterocycles. The van der Waals surface area contributed by atoms with Gasteiger partial charge in [-0.15, -0.1) is 0 Å². The first kappa shape index (κ1) is 17.7. The summed E-state index contributed by atoms with van der Waals surface area (Å²) in [6.07, 6.45) is 2.02. The van der Waals surface area contributed by atoms with E-state index in [-0.39, 0.29) is 30.1 Å². The second-order valence-corrected chi connectivity index (χ2v) is 5.01. The van der Waals surface area contributed by atoms with Crippen molar-refractivity contribution < 1.29 is 29.3 Å². The smallest absolute Gasteiger partial charge is 0.339 e. The van der Waals surface area contributed by atoms with Crippen LogP contribution in [0, 0.1) is 5.92 Å². The summed E-state index contributed by atoms with van der Waals surface area (Å²) < 4.78 is 5.18. The summed E-state index contributed by atoms with van der Waals surface area (Å²) in [5, 5.41) is 17.7. The molecular weight excluding hydrogens is 288 g/mol. The zero-order chi connectivity index (χ0) is 16.5. The molecule has 0 aliphatic carbocycles. The van der Waals surface area contributed by atoms with Crippen molar-refractivity contribution in [3.05, 3.63) is 35.4 Å². The predicted molar refractivity (Wildman–Crippen MR) is 79.0 cm³/mol. The molecule has 0 aliphatic rings. The van der Waals surface area contributed by atoms with Crippen LogP contribution in [-0.4, -0.2) is 34.7 Å². The Morgan fingerprint density at radius 1 is 1.14 bits per heavy atom. The number of aliphatic carboxylic acids is 1. The van der Waals surface area contributed by atoms with Gasteiger partial charge in [-0.25, -0.2) is 9.59 Å². The summed E-state index contributed by atoms with van der Waals surface area (Å²) in [4.78, 5) is 33.5. The van der Waals surface area contributed by atoms with Gasteiger partial charge in [0.2, 0.25) is 0 Å². The van der Waals surface area contributed by atoms with Crippen LogP contribution in [0.3, 0.4) is 0 Å². The molecule has 1 atom stereocenters. The normalized spacial score (nSPS) is 11.7. The lowest BCUT2D eigenvalue weighted by Crippen LogP contribution is -2.16. The van der Waals surface area contributed by atoms with E-state index in [4.69, 9.17) is 14.9 Å². The van der Waals surface area contributed by atoms with E-state index < -0.39 is 17.9 Å². The summed E-state index contributed by atoms with van der Waals surface area (Å²) in [6, 6.07) is 5.88. The van der Waals surface area contributed by atoms with E-state index in [1.165, 1.54) is 12.1 Å². The number of hydrogen-bond donors (Lipinski definition) is 2. The molecule has 6 nitrogen and oxygen atoms in total. The maximum Gasteiger partial charge on any atom is 0.339 e. The summed E-state index contributed by atoms with van der Waals surface area (Å²) in [5.74, 6) is -2.63. The molecule has 0 saturated carbocycles. The number of ether oxygens (including phenoxy) is 1. The summed E-state index contributed by atoms with van der Waals surface area (Å²) in [5.41, 5.74) is -0.0678. The predicted octanol–water partition coefficient (Wildman–Crippen LogP) is 2.82. The number of esters is 1. The molecule has 1 unspecified atom stereocenters. The number of hydrogen-bond acceptors (Lipinski definition) is 4. The zero-order valence-corrected chi connectivity index (χ0v) is 12.4. The van der Waals surface area contributed by atoms with Crippen LogP contribution in [0.2, 0.25) is 0 Å². The Bertz CT molecular complexity index is 537. The molecule has 6 heteroatoms. The Kier molecular flexibility index (Phi) is 7.08. The van der Waals surface area contributed by atoms with Crippen molar-refractivity contribution in [2.24, 2.45) is 5.92 Å². The fourth-order valence-corrected chi connectivity index (χ4v) is 2.07. The second kappa shape index (κ2) is 8.81. The monoisotopic (exact) mass is 308 g/mol. The van der Waals surface area contributed by atoms with E-state index >= 15 is 0 Å². The van der Waals surface area contributed by atoms with E-state index in [9.17, 15) is 14.4 Å². The molecule has 1 aromatic carbocycles. The van der Waals surface area contributed by atoms with Crippen LogP contribution in [-0.2, 0) is 9.53 Å². The van der Waals surface area contributed by atoms with Crippen molar-refractivity contribution in [2.45, 2.75) is 32.6 Å². The highest BCUT2D eigenvalue weighted by Crippen LogP contribution is 2.16. The van der Waals surface area contributed by atoms with Gasteiger partial charge in [0.05, 0.1) is 17.7 Å². The van der Waals surface area contributed by atoms with E-state index in [1.54, 1.807) is 12.1 Å². The Labute approximate surface area is 128 Å². The number of carbonyl (C=O) groups is 3. The lowest BCUT2D eigenvalue weighted by Gasteiger charge is -2.15. The number of benzene rings is 1. The average Bonchev–Trinajstić information content (AvgIpc) is 2.49. The highest BCUT2D eigenvalue weighted by atomic mass is 16.5. The summed E-state index contributed by atoms with van der Waals surface area (Å²) in [7, 11) is 0. The fraction of sp³-hybridized carbons (Fsp3) is 0.438. The van der Waals surface area contributed by atoms with E-state index in [2.05, 4.69) is 0 Å². The van der Waals surface area contributed by atoms with Crippen molar-refractivity contribution in [3.63, 3.8) is 0 Å². The van der Waals surface area contributed by atoms with E-state index in [0.29, 0.717) is 12.8 Å². The molecule has 0 fully saturated rings. The highest BCUT2D eigenvalue weighted by molar-refractivity contribution is 6.02. The Morgan fingerprint density at radius 3 is 2.32 bits per heavy atom. The molecular formula is C16H20O6. The number of aromatic carboxylic acids is 1. The molecule has 0 saturated heterocycles. The van der Waals surface area contributed by atoms with Crippen LogP contribution in [0.1, 0.15) is 53.3 Å². The standard InChI is InChI=1S/C16H20O6/c1-2-11(6-5-9-14(17)18)10-22-16(21)13-8-4-3-7-12(13)15(19)20/h3-4,7-8,11H,2,5-6,9-10H2,1H3,(H,17,18)(H,19,20). The third kappa shape index (κ3) is 5.55. The van der Waals surface area contributed by atoms with Crippen molar-refractivity contribution in [2.75, 3.05) is 6.61 Å². The first-order chi connectivity index (χ1) is 10.5. The van der Waals surface area contributed by atoms with Crippen LogP contribution in [0.4, 0.5) is 0 Å². The van der Waals surface area contributed by atoms with Gasteiger partial charge in [-0.1, -0.05) is 25.5 Å². The minimum absolute atomic E-state index is 0.0235. The van der Waals surface area contributed by atoms with Crippen molar-refractivity contribution in [1.29, 1.82) is 0 Å². The van der Waals surface area contributed by atoms with Crippen LogP contribution >= 0.6 is 0 Å².